The second-order valence-corrected chi connectivity index (χ2v) is 4.95. The molecule has 1 atom stereocenters. The summed E-state index contributed by atoms with van der Waals surface area (Å²) in [5.41, 5.74) is 5.50. The van der Waals surface area contributed by atoms with Crippen LogP contribution in [0.4, 0.5) is 0 Å². The van der Waals surface area contributed by atoms with Crippen LogP contribution >= 0.6 is 11.6 Å². The number of nitrogens with two attached hydrogens (primary N) is 2. The van der Waals surface area contributed by atoms with Crippen LogP contribution in [0.2, 0.25) is 5.02 Å². The van der Waals surface area contributed by atoms with Gasteiger partial charge in [-0.3, -0.25) is 0 Å². The molecule has 0 spiro atoms. The maximum Gasteiger partial charge on any atom is 0.238 e. The molecule has 15 heavy (non-hydrogen) atoms. The molecule has 5 N–H and O–H groups in total. The topological polar surface area (TPSA) is 106 Å². The van der Waals surface area contributed by atoms with Gasteiger partial charge in [-0.1, -0.05) is 11.6 Å². The first kappa shape index (κ1) is 12.4. The Morgan fingerprint density at radius 3 is 2.53 bits per heavy atom. The van der Waals surface area contributed by atoms with Gasteiger partial charge in [-0.05, 0) is 18.2 Å². The van der Waals surface area contributed by atoms with Crippen LogP contribution < -0.4 is 10.9 Å². The van der Waals surface area contributed by atoms with Gasteiger partial charge in [-0.2, -0.15) is 0 Å². The summed E-state index contributed by atoms with van der Waals surface area (Å²) in [7, 11) is -3.79. The molecule has 0 aliphatic carbocycles. The lowest BCUT2D eigenvalue weighted by atomic mass is 10.1. The first-order valence-corrected chi connectivity index (χ1v) is 5.99. The van der Waals surface area contributed by atoms with E-state index in [-0.39, 0.29) is 22.0 Å². The Morgan fingerprint density at radius 2 is 2.07 bits per heavy atom. The zero-order valence-corrected chi connectivity index (χ0v) is 9.29. The zero-order chi connectivity index (χ0) is 11.6. The number of hydrogen-bond donors (Lipinski definition) is 3. The van der Waals surface area contributed by atoms with Gasteiger partial charge in [0.1, 0.15) is 0 Å². The minimum absolute atomic E-state index is 0.0478. The molecule has 0 saturated carbocycles. The molecule has 1 aromatic rings. The number of aliphatic hydroxyl groups is 1. The van der Waals surface area contributed by atoms with Gasteiger partial charge in [0, 0.05) is 17.1 Å². The number of sulfonamides is 1. The Morgan fingerprint density at radius 1 is 1.47 bits per heavy atom. The predicted molar refractivity (Wildman–Crippen MR) is 56.8 cm³/mol. The summed E-state index contributed by atoms with van der Waals surface area (Å²) in [6.45, 7) is -0.0478. The van der Waals surface area contributed by atoms with Crippen LogP contribution in [-0.2, 0) is 10.0 Å². The molecule has 84 valence electrons. The summed E-state index contributed by atoms with van der Waals surface area (Å²) < 4.78 is 22.1. The van der Waals surface area contributed by atoms with E-state index in [1.165, 1.54) is 18.2 Å². The molecule has 0 bridgehead atoms. The van der Waals surface area contributed by atoms with Crippen molar-refractivity contribution in [2.45, 2.75) is 11.0 Å². The lowest BCUT2D eigenvalue weighted by Gasteiger charge is -2.11. The first-order chi connectivity index (χ1) is 6.86. The SMILES string of the molecule is NCC(O)c1cc(S(N)(=O)=O)ccc1Cl. The lowest BCUT2D eigenvalue weighted by molar-refractivity contribution is 0.186. The van der Waals surface area contributed by atoms with Crippen molar-refractivity contribution in [3.63, 3.8) is 0 Å². The molecular formula is C8H11ClN2O3S. The van der Waals surface area contributed by atoms with Gasteiger partial charge >= 0.3 is 0 Å². The Kier molecular flexibility index (Phi) is 3.69. The molecule has 5 nitrogen and oxygen atoms in total. The summed E-state index contributed by atoms with van der Waals surface area (Å²) in [6, 6.07) is 3.84. The molecule has 0 heterocycles. The molecule has 0 fully saturated rings. The van der Waals surface area contributed by atoms with Crippen molar-refractivity contribution in [1.29, 1.82) is 0 Å². The summed E-state index contributed by atoms with van der Waals surface area (Å²) in [5, 5.41) is 14.6. The molecule has 0 amide bonds. The number of aliphatic hydroxyl groups excluding tert-OH is 1. The van der Waals surface area contributed by atoms with Crippen molar-refractivity contribution in [3.05, 3.63) is 28.8 Å². The Labute approximate surface area is 92.7 Å². The number of hydrogen-bond acceptors (Lipinski definition) is 4. The minimum atomic E-state index is -3.79. The van der Waals surface area contributed by atoms with Crippen molar-refractivity contribution in [1.82, 2.24) is 0 Å². The van der Waals surface area contributed by atoms with E-state index >= 15 is 0 Å². The van der Waals surface area contributed by atoms with Gasteiger partial charge in [0.15, 0.2) is 0 Å². The Hall–Kier alpha value is -0.660. The highest BCUT2D eigenvalue weighted by molar-refractivity contribution is 7.89. The molecule has 0 aliphatic rings. The third-order valence-corrected chi connectivity index (χ3v) is 3.13. The van der Waals surface area contributed by atoms with Crippen LogP contribution in [0.25, 0.3) is 0 Å². The van der Waals surface area contributed by atoms with Gasteiger partial charge in [0.25, 0.3) is 0 Å². The van der Waals surface area contributed by atoms with E-state index in [2.05, 4.69) is 0 Å². The summed E-state index contributed by atoms with van der Waals surface area (Å²) in [4.78, 5) is -0.102. The standard InChI is InChI=1S/C8H11ClN2O3S/c9-7-2-1-5(15(11,13)14)3-6(7)8(12)4-10/h1-3,8,12H,4,10H2,(H2,11,13,14). The van der Waals surface area contributed by atoms with Crippen LogP contribution in [0.5, 0.6) is 0 Å². The summed E-state index contributed by atoms with van der Waals surface area (Å²) in [5.74, 6) is 0. The van der Waals surface area contributed by atoms with Crippen molar-refractivity contribution in [3.8, 4) is 0 Å². The van der Waals surface area contributed by atoms with E-state index < -0.39 is 16.1 Å². The average Bonchev–Trinajstić information content (AvgIpc) is 2.15. The minimum Gasteiger partial charge on any atom is -0.387 e. The van der Waals surface area contributed by atoms with Gasteiger partial charge in [-0.25, -0.2) is 13.6 Å². The van der Waals surface area contributed by atoms with Crippen LogP contribution in [0, 0.1) is 0 Å². The predicted octanol–water partition coefficient (Wildman–Crippen LogP) is -0.0205. The van der Waals surface area contributed by atoms with Crippen LogP contribution in [0.15, 0.2) is 23.1 Å². The normalized spacial score (nSPS) is 13.9. The second kappa shape index (κ2) is 4.46. The maximum atomic E-state index is 11.0. The zero-order valence-electron chi connectivity index (χ0n) is 7.72. The van der Waals surface area contributed by atoms with Gasteiger partial charge in [0.2, 0.25) is 10.0 Å². The van der Waals surface area contributed by atoms with Crippen molar-refractivity contribution in [2.24, 2.45) is 10.9 Å². The Balaban J connectivity index is 3.29. The fourth-order valence-electron chi connectivity index (χ4n) is 1.08. The van der Waals surface area contributed by atoms with E-state index in [1.807, 2.05) is 0 Å². The monoisotopic (exact) mass is 250 g/mol. The molecular weight excluding hydrogens is 240 g/mol. The highest BCUT2D eigenvalue weighted by Gasteiger charge is 2.14. The third-order valence-electron chi connectivity index (χ3n) is 1.88. The van der Waals surface area contributed by atoms with E-state index in [0.29, 0.717) is 0 Å². The third kappa shape index (κ3) is 2.90. The van der Waals surface area contributed by atoms with E-state index in [9.17, 15) is 13.5 Å². The molecule has 0 radical (unpaired) electrons. The number of halogens is 1. The maximum absolute atomic E-state index is 11.0. The van der Waals surface area contributed by atoms with Crippen molar-refractivity contribution >= 4 is 21.6 Å². The number of benzene rings is 1. The fourth-order valence-corrected chi connectivity index (χ4v) is 1.87. The highest BCUT2D eigenvalue weighted by Crippen LogP contribution is 2.25. The van der Waals surface area contributed by atoms with E-state index in [4.69, 9.17) is 22.5 Å². The summed E-state index contributed by atoms with van der Waals surface area (Å²) in [6.07, 6.45) is -1.00. The van der Waals surface area contributed by atoms with Crippen molar-refractivity contribution in [2.75, 3.05) is 6.54 Å². The molecule has 1 unspecified atom stereocenters. The summed E-state index contributed by atoms with van der Waals surface area (Å²) >= 11 is 5.77. The number of rotatable bonds is 3. The van der Waals surface area contributed by atoms with Gasteiger partial charge in [-0.15, -0.1) is 0 Å². The molecule has 1 rings (SSSR count). The second-order valence-electron chi connectivity index (χ2n) is 2.98. The first-order valence-electron chi connectivity index (χ1n) is 4.06. The van der Waals surface area contributed by atoms with E-state index in [0.717, 1.165) is 0 Å². The lowest BCUT2D eigenvalue weighted by Crippen LogP contribution is -2.15. The quantitative estimate of drug-likeness (QED) is 0.701. The molecule has 0 saturated heterocycles. The fraction of sp³-hybridized carbons (Fsp3) is 0.250. The molecule has 7 heteroatoms. The highest BCUT2D eigenvalue weighted by atomic mass is 35.5. The van der Waals surface area contributed by atoms with Crippen LogP contribution in [0.3, 0.4) is 0 Å². The van der Waals surface area contributed by atoms with Crippen LogP contribution in [-0.4, -0.2) is 20.1 Å². The number of primary sulfonamides is 1. The molecule has 0 aliphatic heterocycles. The van der Waals surface area contributed by atoms with Gasteiger partial charge in [0.05, 0.1) is 11.0 Å². The van der Waals surface area contributed by atoms with Gasteiger partial charge < -0.3 is 10.8 Å². The van der Waals surface area contributed by atoms with E-state index in [1.54, 1.807) is 0 Å². The average molecular weight is 251 g/mol. The molecule has 1 aromatic carbocycles. The smallest absolute Gasteiger partial charge is 0.238 e. The molecule has 0 aromatic heterocycles. The van der Waals surface area contributed by atoms with Crippen molar-refractivity contribution < 1.29 is 13.5 Å². The van der Waals surface area contributed by atoms with Crippen LogP contribution in [0.1, 0.15) is 11.7 Å². The largest absolute Gasteiger partial charge is 0.387 e. The Bertz CT molecular complexity index is 461.